The van der Waals surface area contributed by atoms with E-state index in [1.807, 2.05) is 26.0 Å². The van der Waals surface area contributed by atoms with Gasteiger partial charge in [-0.2, -0.15) is 4.31 Å². The van der Waals surface area contributed by atoms with Crippen molar-refractivity contribution in [3.63, 3.8) is 0 Å². The molecule has 0 unspecified atom stereocenters. The van der Waals surface area contributed by atoms with Gasteiger partial charge in [0.05, 0.1) is 4.90 Å². The maximum absolute atomic E-state index is 12.6. The summed E-state index contributed by atoms with van der Waals surface area (Å²) < 4.78 is 27.4. The molecule has 120 valence electrons. The van der Waals surface area contributed by atoms with E-state index in [4.69, 9.17) is 0 Å². The zero-order valence-electron chi connectivity index (χ0n) is 13.2. The van der Waals surface area contributed by atoms with E-state index in [-0.39, 0.29) is 0 Å². The number of hydrogen-bond acceptors (Lipinski definition) is 3. The Morgan fingerprint density at radius 2 is 1.95 bits per heavy atom. The van der Waals surface area contributed by atoms with Crippen molar-refractivity contribution in [2.24, 2.45) is 0 Å². The van der Waals surface area contributed by atoms with Gasteiger partial charge in [-0.15, -0.1) is 0 Å². The lowest BCUT2D eigenvalue weighted by atomic mass is 10.2. The zero-order chi connectivity index (χ0) is 16.0. The highest BCUT2D eigenvalue weighted by Gasteiger charge is 2.24. The van der Waals surface area contributed by atoms with Crippen LogP contribution in [0.3, 0.4) is 0 Å². The third-order valence-corrected chi connectivity index (χ3v) is 6.11. The normalized spacial score (nSPS) is 12.3. The highest BCUT2D eigenvalue weighted by molar-refractivity contribution is 9.10. The van der Waals surface area contributed by atoms with Gasteiger partial charge < -0.3 is 5.32 Å². The van der Waals surface area contributed by atoms with Crippen LogP contribution < -0.4 is 5.32 Å². The maximum atomic E-state index is 12.6. The molecule has 0 aliphatic heterocycles. The van der Waals surface area contributed by atoms with Crippen LogP contribution in [0, 0.1) is 0 Å². The van der Waals surface area contributed by atoms with Crippen LogP contribution in [0.15, 0.2) is 27.6 Å². The Balaban J connectivity index is 3.03. The van der Waals surface area contributed by atoms with Gasteiger partial charge in [0.25, 0.3) is 0 Å². The van der Waals surface area contributed by atoms with Crippen molar-refractivity contribution in [3.8, 4) is 0 Å². The molecule has 0 heterocycles. The van der Waals surface area contributed by atoms with Crippen LogP contribution in [0.4, 0.5) is 0 Å². The summed E-state index contributed by atoms with van der Waals surface area (Å²) in [4.78, 5) is 0.339. The third-order valence-electron chi connectivity index (χ3n) is 3.15. The number of nitrogens with one attached hydrogen (secondary N) is 1. The second-order valence-electron chi connectivity index (χ2n) is 5.30. The van der Waals surface area contributed by atoms with Crippen LogP contribution in [-0.4, -0.2) is 31.9 Å². The minimum absolute atomic E-state index is 0.339. The lowest BCUT2D eigenvalue weighted by Crippen LogP contribution is -2.31. The van der Waals surface area contributed by atoms with E-state index in [1.54, 1.807) is 6.07 Å². The number of hydrogen-bond donors (Lipinski definition) is 1. The van der Waals surface area contributed by atoms with Crippen molar-refractivity contribution in [1.29, 1.82) is 0 Å². The first-order valence-corrected chi connectivity index (χ1v) is 9.58. The molecule has 0 aliphatic carbocycles. The lowest BCUT2D eigenvalue weighted by Gasteiger charge is -2.21. The topological polar surface area (TPSA) is 49.4 Å². The molecule has 4 nitrogen and oxygen atoms in total. The first-order chi connectivity index (χ1) is 9.82. The van der Waals surface area contributed by atoms with Crippen molar-refractivity contribution < 1.29 is 8.42 Å². The lowest BCUT2D eigenvalue weighted by molar-refractivity contribution is 0.427. The SMILES string of the molecule is CCCN(CC)S(=O)(=O)c1ccc(CNC(C)C)cc1Br. The van der Waals surface area contributed by atoms with Crippen LogP contribution in [-0.2, 0) is 16.6 Å². The molecule has 0 amide bonds. The van der Waals surface area contributed by atoms with Crippen LogP contribution in [0.5, 0.6) is 0 Å². The van der Waals surface area contributed by atoms with E-state index in [0.29, 0.717) is 28.5 Å². The van der Waals surface area contributed by atoms with Crippen molar-refractivity contribution in [3.05, 3.63) is 28.2 Å². The Morgan fingerprint density at radius 1 is 1.29 bits per heavy atom. The fraction of sp³-hybridized carbons (Fsp3) is 0.600. The molecule has 1 rings (SSSR count). The first kappa shape index (κ1) is 18.6. The highest BCUT2D eigenvalue weighted by atomic mass is 79.9. The Bertz CT molecular complexity index is 559. The molecule has 0 bridgehead atoms. The fourth-order valence-electron chi connectivity index (χ4n) is 2.02. The van der Waals surface area contributed by atoms with E-state index in [9.17, 15) is 8.42 Å². The monoisotopic (exact) mass is 376 g/mol. The predicted molar refractivity (Wildman–Crippen MR) is 90.8 cm³/mol. The molecule has 0 spiro atoms. The van der Waals surface area contributed by atoms with Gasteiger partial charge in [-0.1, -0.05) is 33.8 Å². The molecule has 0 atom stereocenters. The summed E-state index contributed by atoms with van der Waals surface area (Å²) in [6.45, 7) is 9.76. The maximum Gasteiger partial charge on any atom is 0.244 e. The number of sulfonamides is 1. The molecular weight excluding hydrogens is 352 g/mol. The molecular formula is C15H25BrN2O2S. The van der Waals surface area contributed by atoms with Crippen molar-refractivity contribution in [1.82, 2.24) is 9.62 Å². The Labute approximate surface area is 137 Å². The van der Waals surface area contributed by atoms with Gasteiger partial charge in [-0.05, 0) is 40.0 Å². The molecule has 21 heavy (non-hydrogen) atoms. The van der Waals surface area contributed by atoms with Gasteiger partial charge in [-0.25, -0.2) is 8.42 Å². The van der Waals surface area contributed by atoms with Gasteiger partial charge in [0, 0.05) is 30.1 Å². The van der Waals surface area contributed by atoms with Crippen molar-refractivity contribution in [2.75, 3.05) is 13.1 Å². The number of benzene rings is 1. The van der Waals surface area contributed by atoms with Crippen LogP contribution in [0.1, 0.15) is 39.7 Å². The zero-order valence-corrected chi connectivity index (χ0v) is 15.6. The largest absolute Gasteiger partial charge is 0.310 e. The van der Waals surface area contributed by atoms with Gasteiger partial charge in [0.15, 0.2) is 0 Å². The van der Waals surface area contributed by atoms with E-state index in [0.717, 1.165) is 18.5 Å². The van der Waals surface area contributed by atoms with Gasteiger partial charge in [0.2, 0.25) is 10.0 Å². The summed E-state index contributed by atoms with van der Waals surface area (Å²) in [7, 11) is -3.43. The van der Waals surface area contributed by atoms with Gasteiger partial charge in [0.1, 0.15) is 0 Å². The Hall–Kier alpha value is -0.430. The predicted octanol–water partition coefficient (Wildman–Crippen LogP) is 3.37. The molecule has 0 aromatic heterocycles. The van der Waals surface area contributed by atoms with Crippen LogP contribution >= 0.6 is 15.9 Å². The average Bonchev–Trinajstić information content (AvgIpc) is 2.42. The van der Waals surface area contributed by atoms with Crippen LogP contribution in [0.25, 0.3) is 0 Å². The molecule has 1 aromatic rings. The summed E-state index contributed by atoms with van der Waals surface area (Å²) in [5.74, 6) is 0. The molecule has 6 heteroatoms. The summed E-state index contributed by atoms with van der Waals surface area (Å²) in [6.07, 6.45) is 0.807. The minimum atomic E-state index is -3.43. The molecule has 0 fully saturated rings. The summed E-state index contributed by atoms with van der Waals surface area (Å²) in [5, 5.41) is 3.32. The minimum Gasteiger partial charge on any atom is -0.310 e. The molecule has 1 N–H and O–H groups in total. The van der Waals surface area contributed by atoms with E-state index in [1.165, 1.54) is 4.31 Å². The summed E-state index contributed by atoms with van der Waals surface area (Å²) in [5.41, 5.74) is 1.06. The number of halogens is 1. The van der Waals surface area contributed by atoms with Crippen molar-refractivity contribution >= 4 is 26.0 Å². The molecule has 0 saturated heterocycles. The van der Waals surface area contributed by atoms with Crippen molar-refractivity contribution in [2.45, 2.75) is 51.6 Å². The smallest absolute Gasteiger partial charge is 0.244 e. The summed E-state index contributed by atoms with van der Waals surface area (Å²) >= 11 is 3.40. The Morgan fingerprint density at radius 3 is 2.43 bits per heavy atom. The fourth-order valence-corrected chi connectivity index (χ4v) is 4.65. The second kappa shape index (κ2) is 8.27. The molecule has 0 saturated carbocycles. The van der Waals surface area contributed by atoms with E-state index in [2.05, 4.69) is 35.1 Å². The number of nitrogens with zero attached hydrogens (tertiary/aromatic N) is 1. The molecule has 1 aromatic carbocycles. The van der Waals surface area contributed by atoms with Gasteiger partial charge >= 0.3 is 0 Å². The standard InChI is InChI=1S/C15H25BrN2O2S/c1-5-9-18(6-2)21(19,20)15-8-7-13(10-14(15)16)11-17-12(3)4/h7-8,10,12,17H,5-6,9,11H2,1-4H3. The molecule has 0 aliphatic rings. The number of rotatable bonds is 8. The second-order valence-corrected chi connectivity index (χ2v) is 8.06. The molecule has 0 radical (unpaired) electrons. The summed E-state index contributed by atoms with van der Waals surface area (Å²) in [6, 6.07) is 5.83. The van der Waals surface area contributed by atoms with E-state index < -0.39 is 10.0 Å². The highest BCUT2D eigenvalue weighted by Crippen LogP contribution is 2.26. The first-order valence-electron chi connectivity index (χ1n) is 7.34. The average molecular weight is 377 g/mol. The van der Waals surface area contributed by atoms with Gasteiger partial charge in [-0.3, -0.25) is 0 Å². The van der Waals surface area contributed by atoms with Crippen LogP contribution in [0.2, 0.25) is 0 Å². The van der Waals surface area contributed by atoms with E-state index >= 15 is 0 Å². The Kier molecular flexibility index (Phi) is 7.33. The third kappa shape index (κ3) is 5.06. The quantitative estimate of drug-likeness (QED) is 0.756.